The molecule has 1 aromatic carbocycles. The summed E-state index contributed by atoms with van der Waals surface area (Å²) in [6, 6.07) is 3.94. The van der Waals surface area contributed by atoms with Gasteiger partial charge < -0.3 is 10.1 Å². The van der Waals surface area contributed by atoms with Gasteiger partial charge in [0, 0.05) is 17.9 Å². The van der Waals surface area contributed by atoms with Gasteiger partial charge >= 0.3 is 6.01 Å². The molecular weight excluding hydrogens is 449 g/mol. The van der Waals surface area contributed by atoms with Gasteiger partial charge in [-0.25, -0.2) is 27.9 Å². The van der Waals surface area contributed by atoms with Crippen LogP contribution < -0.4 is 15.2 Å². The van der Waals surface area contributed by atoms with E-state index in [4.69, 9.17) is 9.88 Å². The normalized spacial score (nSPS) is 21.7. The Kier molecular flexibility index (Phi) is 5.28. The summed E-state index contributed by atoms with van der Waals surface area (Å²) >= 11 is 0. The second kappa shape index (κ2) is 8.03. The number of nitrogens with zero attached hydrogens (tertiary/aromatic N) is 5. The summed E-state index contributed by atoms with van der Waals surface area (Å²) in [7, 11) is -3.98. The highest BCUT2D eigenvalue weighted by molar-refractivity contribution is 7.89. The maximum absolute atomic E-state index is 14.2. The van der Waals surface area contributed by atoms with Gasteiger partial charge in [0.1, 0.15) is 18.2 Å². The van der Waals surface area contributed by atoms with Gasteiger partial charge in [-0.1, -0.05) is 5.10 Å². The van der Waals surface area contributed by atoms with Crippen molar-refractivity contribution in [1.29, 1.82) is 0 Å². The number of ether oxygens (including phenoxy) is 1. The first-order valence-electron chi connectivity index (χ1n) is 10.7. The van der Waals surface area contributed by atoms with Crippen LogP contribution in [0.2, 0.25) is 0 Å². The fraction of sp³-hybridized carbons (Fsp3) is 0.429. The van der Waals surface area contributed by atoms with E-state index in [0.717, 1.165) is 43.7 Å². The standard InChI is InChI=1S/C21H24FN7O3S/c1-21(6-7-21)29-12-26-28-20(29)32-15-3-2-13(8-15)14-10-24-19(25-11-14)27-18-5-4-16(9-17(18)22)33(23,30)31/h4-5,9-13,15H,2-3,6-8H2,1H3,(H2,23,30,31)(H,24,25,27)/t13-,15+/m1/s1. The first-order chi connectivity index (χ1) is 15.7. The molecule has 0 radical (unpaired) electrons. The quantitative estimate of drug-likeness (QED) is 0.534. The lowest BCUT2D eigenvalue weighted by atomic mass is 10.0. The number of benzene rings is 1. The largest absolute Gasteiger partial charge is 0.460 e. The SMILES string of the molecule is CC1(n2cnnc2O[C@H]2CC[C@@H](c3cnc(Nc4ccc(S(N)(=O)=O)cc4F)nc3)C2)CC1. The lowest BCUT2D eigenvalue weighted by Gasteiger charge is -2.17. The minimum Gasteiger partial charge on any atom is -0.460 e. The number of halogens is 1. The average molecular weight is 474 g/mol. The smallest absolute Gasteiger partial charge is 0.317 e. The van der Waals surface area contributed by atoms with E-state index in [9.17, 15) is 12.8 Å². The minimum absolute atomic E-state index is 0.0459. The molecule has 2 fully saturated rings. The van der Waals surface area contributed by atoms with Gasteiger partial charge in [-0.3, -0.25) is 4.57 Å². The Morgan fingerprint density at radius 3 is 2.67 bits per heavy atom. The van der Waals surface area contributed by atoms with Crippen LogP contribution >= 0.6 is 0 Å². The van der Waals surface area contributed by atoms with Crippen LogP contribution in [-0.2, 0) is 15.6 Å². The van der Waals surface area contributed by atoms with Crippen LogP contribution in [0.5, 0.6) is 6.01 Å². The lowest BCUT2D eigenvalue weighted by molar-refractivity contribution is 0.175. The molecule has 2 aliphatic carbocycles. The fourth-order valence-electron chi connectivity index (χ4n) is 4.10. The molecule has 174 valence electrons. The van der Waals surface area contributed by atoms with E-state index >= 15 is 0 Å². The molecule has 2 aromatic heterocycles. The number of rotatable bonds is 7. The molecule has 2 atom stereocenters. The van der Waals surface area contributed by atoms with Gasteiger partial charge in [0.05, 0.1) is 10.6 Å². The Labute approximate surface area is 190 Å². The van der Waals surface area contributed by atoms with E-state index in [-0.39, 0.29) is 34.1 Å². The number of sulfonamides is 1. The summed E-state index contributed by atoms with van der Waals surface area (Å²) in [6.07, 6.45) is 10.1. The Hall–Kier alpha value is -3.12. The van der Waals surface area contributed by atoms with Crippen LogP contribution in [0.3, 0.4) is 0 Å². The molecule has 12 heteroatoms. The second-order valence-corrected chi connectivity index (χ2v) is 10.4. The van der Waals surface area contributed by atoms with Crippen molar-refractivity contribution < 1.29 is 17.5 Å². The monoisotopic (exact) mass is 473 g/mol. The number of nitrogens with one attached hydrogen (secondary N) is 1. The summed E-state index contributed by atoms with van der Waals surface area (Å²) in [5.41, 5.74) is 1.11. The molecule has 2 saturated carbocycles. The van der Waals surface area contributed by atoms with Crippen LogP contribution in [0.15, 0.2) is 41.8 Å². The molecule has 3 aromatic rings. The zero-order chi connectivity index (χ0) is 23.2. The molecule has 0 unspecified atom stereocenters. The summed E-state index contributed by atoms with van der Waals surface area (Å²) in [6.45, 7) is 2.17. The van der Waals surface area contributed by atoms with Crippen molar-refractivity contribution in [3.8, 4) is 6.01 Å². The number of primary sulfonamides is 1. The number of anilines is 2. The summed E-state index contributed by atoms with van der Waals surface area (Å²) in [5.74, 6) is -0.307. The lowest BCUT2D eigenvalue weighted by Crippen LogP contribution is -2.19. The number of hydrogen-bond acceptors (Lipinski definition) is 8. The van der Waals surface area contributed by atoms with Gasteiger partial charge in [-0.05, 0) is 68.7 Å². The molecule has 0 aliphatic heterocycles. The number of nitrogens with two attached hydrogens (primary N) is 1. The summed E-state index contributed by atoms with van der Waals surface area (Å²) in [5, 5.41) is 15.9. The molecule has 2 aliphatic rings. The topological polar surface area (TPSA) is 138 Å². The Morgan fingerprint density at radius 2 is 2.00 bits per heavy atom. The highest BCUT2D eigenvalue weighted by Crippen LogP contribution is 2.45. The van der Waals surface area contributed by atoms with E-state index in [2.05, 4.69) is 32.4 Å². The van der Waals surface area contributed by atoms with Crippen LogP contribution in [0.4, 0.5) is 16.0 Å². The first kappa shape index (κ1) is 21.7. The van der Waals surface area contributed by atoms with Gasteiger partial charge in [-0.15, -0.1) is 5.10 Å². The van der Waals surface area contributed by atoms with Gasteiger partial charge in [0.2, 0.25) is 16.0 Å². The Bertz CT molecular complexity index is 1280. The van der Waals surface area contributed by atoms with Crippen molar-refractivity contribution in [3.05, 3.63) is 48.3 Å². The molecule has 0 saturated heterocycles. The third kappa shape index (κ3) is 4.53. The van der Waals surface area contributed by atoms with Crippen LogP contribution in [0.25, 0.3) is 0 Å². The fourth-order valence-corrected chi connectivity index (χ4v) is 4.63. The first-order valence-corrected chi connectivity index (χ1v) is 12.2. The van der Waals surface area contributed by atoms with Crippen molar-refractivity contribution in [3.63, 3.8) is 0 Å². The van der Waals surface area contributed by atoms with Crippen LogP contribution in [-0.4, -0.2) is 39.3 Å². The zero-order valence-electron chi connectivity index (χ0n) is 18.0. The second-order valence-electron chi connectivity index (χ2n) is 8.88. The Balaban J connectivity index is 1.21. The van der Waals surface area contributed by atoms with Gasteiger partial charge in [0.15, 0.2) is 0 Å². The molecule has 3 N–H and O–H groups in total. The van der Waals surface area contributed by atoms with Crippen molar-refractivity contribution in [2.24, 2.45) is 5.14 Å². The molecule has 10 nitrogen and oxygen atoms in total. The predicted octanol–water partition coefficient (Wildman–Crippen LogP) is 2.82. The van der Waals surface area contributed by atoms with Crippen LogP contribution in [0, 0.1) is 5.82 Å². The zero-order valence-corrected chi connectivity index (χ0v) is 18.8. The maximum atomic E-state index is 14.2. The van der Waals surface area contributed by atoms with Gasteiger partial charge in [0.25, 0.3) is 0 Å². The Morgan fingerprint density at radius 1 is 1.24 bits per heavy atom. The summed E-state index contributed by atoms with van der Waals surface area (Å²) < 4.78 is 45.1. The van der Waals surface area contributed by atoms with Crippen molar-refractivity contribution in [2.45, 2.75) is 61.5 Å². The van der Waals surface area contributed by atoms with Crippen LogP contribution in [0.1, 0.15) is 50.5 Å². The summed E-state index contributed by atoms with van der Waals surface area (Å²) in [4.78, 5) is 8.27. The third-order valence-electron chi connectivity index (χ3n) is 6.39. The van der Waals surface area contributed by atoms with Crippen molar-refractivity contribution in [2.75, 3.05) is 5.32 Å². The van der Waals surface area contributed by atoms with E-state index in [1.165, 1.54) is 12.1 Å². The van der Waals surface area contributed by atoms with Crippen molar-refractivity contribution >= 4 is 21.7 Å². The molecule has 5 rings (SSSR count). The number of aromatic nitrogens is 5. The molecule has 0 spiro atoms. The number of hydrogen-bond donors (Lipinski definition) is 2. The molecule has 0 bridgehead atoms. The maximum Gasteiger partial charge on any atom is 0.317 e. The van der Waals surface area contributed by atoms with E-state index in [0.29, 0.717) is 6.01 Å². The molecular formula is C21H24FN7O3S. The minimum atomic E-state index is -3.98. The average Bonchev–Trinajstić information content (AvgIpc) is 3.16. The van der Waals surface area contributed by atoms with E-state index in [1.807, 2.05) is 4.57 Å². The van der Waals surface area contributed by atoms with Crippen molar-refractivity contribution in [1.82, 2.24) is 24.7 Å². The molecule has 2 heterocycles. The highest BCUT2D eigenvalue weighted by Gasteiger charge is 2.42. The molecule has 33 heavy (non-hydrogen) atoms. The van der Waals surface area contributed by atoms with E-state index < -0.39 is 15.8 Å². The third-order valence-corrected chi connectivity index (χ3v) is 7.30. The molecule has 0 amide bonds. The van der Waals surface area contributed by atoms with E-state index in [1.54, 1.807) is 18.7 Å². The van der Waals surface area contributed by atoms with Gasteiger partial charge in [-0.2, -0.15) is 0 Å². The highest BCUT2D eigenvalue weighted by atomic mass is 32.2. The predicted molar refractivity (Wildman–Crippen MR) is 117 cm³/mol.